The van der Waals surface area contributed by atoms with Crippen molar-refractivity contribution >= 4 is 11.3 Å². The van der Waals surface area contributed by atoms with Crippen LogP contribution in [0.3, 0.4) is 0 Å². The molecule has 1 aliphatic carbocycles. The normalized spacial score (nSPS) is 13.2. The molecule has 1 aliphatic rings. The van der Waals surface area contributed by atoms with E-state index in [1.54, 1.807) is 11.3 Å². The Labute approximate surface area is 147 Å². The van der Waals surface area contributed by atoms with E-state index in [-0.39, 0.29) is 12.4 Å². The van der Waals surface area contributed by atoms with E-state index in [0.717, 1.165) is 17.2 Å². The highest BCUT2D eigenvalue weighted by Gasteiger charge is 2.15. The van der Waals surface area contributed by atoms with Gasteiger partial charge < -0.3 is 12.4 Å². The fourth-order valence-corrected chi connectivity index (χ4v) is 3.91. The van der Waals surface area contributed by atoms with Gasteiger partial charge in [-0.05, 0) is 31.2 Å². The highest BCUT2D eigenvalue weighted by molar-refractivity contribution is 7.13. The molecule has 0 aliphatic heterocycles. The highest BCUT2D eigenvalue weighted by atomic mass is 35.5. The second-order valence-corrected chi connectivity index (χ2v) is 6.74. The van der Waals surface area contributed by atoms with Gasteiger partial charge in [0.15, 0.2) is 18.9 Å². The molecule has 2 heterocycles. The quantitative estimate of drug-likeness (QED) is 0.650. The lowest BCUT2D eigenvalue weighted by Gasteiger charge is -2.13. The molecule has 4 heteroatoms. The Bertz CT molecular complexity index is 783. The van der Waals surface area contributed by atoms with Crippen molar-refractivity contribution < 1.29 is 17.0 Å². The first-order valence-corrected chi connectivity index (χ1v) is 8.77. The first-order chi connectivity index (χ1) is 10.9. The number of rotatable bonds is 3. The van der Waals surface area contributed by atoms with Crippen LogP contribution in [-0.2, 0) is 19.4 Å². The molecule has 0 fully saturated rings. The molecule has 1 aromatic carbocycles. The van der Waals surface area contributed by atoms with E-state index >= 15 is 0 Å². The van der Waals surface area contributed by atoms with Gasteiger partial charge in [-0.1, -0.05) is 30.3 Å². The third kappa shape index (κ3) is 3.62. The first kappa shape index (κ1) is 16.2. The van der Waals surface area contributed by atoms with Crippen molar-refractivity contribution in [3.05, 3.63) is 71.0 Å². The lowest BCUT2D eigenvalue weighted by Crippen LogP contribution is -3.00. The molecule has 2 nitrogen and oxygen atoms in total. The first-order valence-electron chi connectivity index (χ1n) is 7.89. The summed E-state index contributed by atoms with van der Waals surface area (Å²) in [4.78, 5) is 4.79. The fraction of sp³-hybridized carbons (Fsp3) is 0.263. The molecular formula is C19H19ClN2S. The number of aryl methyl sites for hydroxylation is 2. The lowest BCUT2D eigenvalue weighted by molar-refractivity contribution is -0.689. The third-order valence-corrected chi connectivity index (χ3v) is 5.20. The Morgan fingerprint density at radius 3 is 2.61 bits per heavy atom. The van der Waals surface area contributed by atoms with E-state index in [2.05, 4.69) is 52.7 Å². The molecule has 0 saturated carbocycles. The van der Waals surface area contributed by atoms with E-state index in [9.17, 15) is 0 Å². The topological polar surface area (TPSA) is 16.8 Å². The summed E-state index contributed by atoms with van der Waals surface area (Å²) in [5.41, 5.74) is 5.40. The van der Waals surface area contributed by atoms with E-state index < -0.39 is 0 Å². The predicted molar refractivity (Wildman–Crippen MR) is 89.9 cm³/mol. The molecule has 0 N–H and O–H groups in total. The van der Waals surface area contributed by atoms with E-state index in [1.165, 1.54) is 42.4 Å². The van der Waals surface area contributed by atoms with E-state index in [4.69, 9.17) is 4.98 Å². The van der Waals surface area contributed by atoms with Gasteiger partial charge in [0.05, 0.1) is 0 Å². The maximum absolute atomic E-state index is 4.79. The minimum atomic E-state index is 0. The number of halogens is 1. The Hall–Kier alpha value is -1.71. The molecule has 0 unspecified atom stereocenters. The van der Waals surface area contributed by atoms with Crippen LogP contribution in [0.4, 0.5) is 0 Å². The van der Waals surface area contributed by atoms with Crippen molar-refractivity contribution in [2.75, 3.05) is 0 Å². The van der Waals surface area contributed by atoms with Crippen LogP contribution in [0.2, 0.25) is 0 Å². The zero-order valence-corrected chi connectivity index (χ0v) is 14.5. The molecule has 0 spiro atoms. The van der Waals surface area contributed by atoms with Crippen molar-refractivity contribution in [1.29, 1.82) is 0 Å². The van der Waals surface area contributed by atoms with Crippen molar-refractivity contribution in [1.82, 2.24) is 4.98 Å². The molecule has 118 valence electrons. The fourth-order valence-electron chi connectivity index (χ4n) is 3.10. The van der Waals surface area contributed by atoms with Crippen LogP contribution in [0.1, 0.15) is 29.7 Å². The average Bonchev–Trinajstić information content (AvgIpc) is 3.04. The number of thiazole rings is 1. The second kappa shape index (κ2) is 7.24. The standard InChI is InChI=1S/C19H19N2S.ClH/c1-2-7-16(8-3-1)19-20-18(14-22-19)13-21-11-10-15-6-4-5-9-17(15)12-21;/h1-3,7-8,10-12,14H,4-6,9,13H2;1H/q+1;/p-1. The summed E-state index contributed by atoms with van der Waals surface area (Å²) >= 11 is 1.73. The summed E-state index contributed by atoms with van der Waals surface area (Å²) in [6.45, 7) is 0.858. The summed E-state index contributed by atoms with van der Waals surface area (Å²) in [6, 6.07) is 12.7. The van der Waals surface area contributed by atoms with Crippen LogP contribution in [0, 0.1) is 0 Å². The summed E-state index contributed by atoms with van der Waals surface area (Å²) in [6.07, 6.45) is 9.64. The molecule has 0 saturated heterocycles. The van der Waals surface area contributed by atoms with Crippen molar-refractivity contribution in [2.24, 2.45) is 0 Å². The van der Waals surface area contributed by atoms with Crippen LogP contribution in [0.25, 0.3) is 10.6 Å². The van der Waals surface area contributed by atoms with Gasteiger partial charge >= 0.3 is 0 Å². The van der Waals surface area contributed by atoms with Crippen LogP contribution < -0.4 is 17.0 Å². The maximum atomic E-state index is 4.79. The minimum Gasteiger partial charge on any atom is -1.00 e. The lowest BCUT2D eigenvalue weighted by atomic mass is 9.93. The third-order valence-electron chi connectivity index (χ3n) is 4.26. The van der Waals surface area contributed by atoms with E-state index in [1.807, 2.05) is 6.07 Å². The smallest absolute Gasteiger partial charge is 0.191 e. The van der Waals surface area contributed by atoms with Crippen molar-refractivity contribution in [3.8, 4) is 10.6 Å². The van der Waals surface area contributed by atoms with Gasteiger partial charge in [0.1, 0.15) is 10.7 Å². The van der Waals surface area contributed by atoms with E-state index in [0.29, 0.717) is 0 Å². The summed E-state index contributed by atoms with van der Waals surface area (Å²) in [5, 5.41) is 3.28. The number of nitrogens with zero attached hydrogens (tertiary/aromatic N) is 2. The Balaban J connectivity index is 0.00000156. The molecular weight excluding hydrogens is 324 g/mol. The van der Waals surface area contributed by atoms with Gasteiger partial charge in [-0.15, -0.1) is 11.3 Å². The maximum Gasteiger partial charge on any atom is 0.191 e. The zero-order valence-electron chi connectivity index (χ0n) is 12.9. The number of fused-ring (bicyclic) bond motifs is 1. The molecule has 4 rings (SSSR count). The molecule has 0 amide bonds. The number of pyridine rings is 1. The van der Waals surface area contributed by atoms with Gasteiger partial charge in [0, 0.05) is 22.6 Å². The summed E-state index contributed by atoms with van der Waals surface area (Å²) in [7, 11) is 0. The van der Waals surface area contributed by atoms with Gasteiger partial charge in [-0.25, -0.2) is 4.98 Å². The molecule has 3 aromatic rings. The van der Waals surface area contributed by atoms with Crippen LogP contribution in [0.15, 0.2) is 54.2 Å². The zero-order chi connectivity index (χ0) is 14.8. The van der Waals surface area contributed by atoms with Gasteiger partial charge in [-0.3, -0.25) is 0 Å². The monoisotopic (exact) mass is 342 g/mol. The Morgan fingerprint density at radius 2 is 1.78 bits per heavy atom. The van der Waals surface area contributed by atoms with Gasteiger partial charge in [-0.2, -0.15) is 4.57 Å². The number of hydrogen-bond donors (Lipinski definition) is 0. The van der Waals surface area contributed by atoms with Crippen LogP contribution in [-0.4, -0.2) is 4.98 Å². The van der Waals surface area contributed by atoms with Crippen LogP contribution >= 0.6 is 11.3 Å². The summed E-state index contributed by atoms with van der Waals surface area (Å²) < 4.78 is 2.27. The number of benzene rings is 1. The molecule has 0 bridgehead atoms. The molecule has 0 radical (unpaired) electrons. The SMILES string of the molecule is [Cl-].c1ccc(-c2nc(C[n+]3ccc4c(c3)CCCC4)cs2)cc1. The van der Waals surface area contributed by atoms with Gasteiger partial charge in [0.2, 0.25) is 0 Å². The Morgan fingerprint density at radius 1 is 1.00 bits per heavy atom. The second-order valence-electron chi connectivity index (χ2n) is 5.88. The highest BCUT2D eigenvalue weighted by Crippen LogP contribution is 2.23. The number of hydrogen-bond acceptors (Lipinski definition) is 2. The number of aromatic nitrogens is 2. The molecule has 2 aromatic heterocycles. The molecule has 23 heavy (non-hydrogen) atoms. The summed E-state index contributed by atoms with van der Waals surface area (Å²) in [5.74, 6) is 0. The van der Waals surface area contributed by atoms with Gasteiger partial charge in [0.25, 0.3) is 0 Å². The van der Waals surface area contributed by atoms with Crippen molar-refractivity contribution in [3.63, 3.8) is 0 Å². The van der Waals surface area contributed by atoms with Crippen LogP contribution in [0.5, 0.6) is 0 Å². The predicted octanol–water partition coefficient (Wildman–Crippen LogP) is 1.03. The Kier molecular flexibility index (Phi) is 5.09. The molecule has 0 atom stereocenters. The minimum absolute atomic E-state index is 0. The average molecular weight is 343 g/mol. The van der Waals surface area contributed by atoms with Crippen molar-refractivity contribution in [2.45, 2.75) is 32.2 Å². The largest absolute Gasteiger partial charge is 1.00 e.